The Bertz CT molecular complexity index is 380. The molecular formula is C15H23NO3. The Morgan fingerprint density at radius 2 is 2.16 bits per heavy atom. The minimum Gasteiger partial charge on any atom is -0.469 e. The zero-order valence-corrected chi connectivity index (χ0v) is 11.6. The lowest BCUT2D eigenvalue weighted by Crippen LogP contribution is -2.29. The number of fused-ring (bicyclic) bond motifs is 5. The largest absolute Gasteiger partial charge is 0.469 e. The average Bonchev–Trinajstić information content (AvgIpc) is 3.11. The fourth-order valence-electron chi connectivity index (χ4n) is 4.11. The molecule has 3 rings (SSSR count). The standard InChI is InChI=1S/C15H23NO3/c1-18-13(17)6-4-2-3-5-12-14-10-7-8-11(9-10)15(14)19-16-12/h10-11,14-15H,2-9H2,1H3/t10-,11+,14-,15-/m0/s1. The van der Waals surface area contributed by atoms with Gasteiger partial charge in [-0.1, -0.05) is 11.6 Å². The van der Waals surface area contributed by atoms with Gasteiger partial charge in [-0.2, -0.15) is 0 Å². The fourth-order valence-corrected chi connectivity index (χ4v) is 4.11. The molecule has 0 radical (unpaired) electrons. The normalized spacial score (nSPS) is 34.9. The van der Waals surface area contributed by atoms with Gasteiger partial charge < -0.3 is 9.57 Å². The van der Waals surface area contributed by atoms with Gasteiger partial charge in [0.15, 0.2) is 0 Å². The van der Waals surface area contributed by atoms with Crippen LogP contribution < -0.4 is 0 Å². The van der Waals surface area contributed by atoms with Crippen molar-refractivity contribution in [2.24, 2.45) is 22.9 Å². The second kappa shape index (κ2) is 5.51. The average molecular weight is 265 g/mol. The second-order valence-corrected chi connectivity index (χ2v) is 6.15. The molecule has 2 bridgehead atoms. The predicted octanol–water partition coefficient (Wildman–Crippen LogP) is 2.91. The molecule has 0 N–H and O–H groups in total. The second-order valence-electron chi connectivity index (χ2n) is 6.15. The first kappa shape index (κ1) is 12.9. The molecule has 4 heteroatoms. The third kappa shape index (κ3) is 2.49. The van der Waals surface area contributed by atoms with Gasteiger partial charge in [-0.15, -0.1) is 0 Å². The first-order valence-corrected chi connectivity index (χ1v) is 7.59. The smallest absolute Gasteiger partial charge is 0.305 e. The van der Waals surface area contributed by atoms with Crippen molar-refractivity contribution in [1.82, 2.24) is 0 Å². The molecule has 0 amide bonds. The molecule has 4 atom stereocenters. The van der Waals surface area contributed by atoms with Crippen LogP contribution in [0, 0.1) is 17.8 Å². The van der Waals surface area contributed by atoms with Crippen LogP contribution in [0.15, 0.2) is 5.16 Å². The molecule has 2 fully saturated rings. The summed E-state index contributed by atoms with van der Waals surface area (Å²) in [5, 5.41) is 4.34. The molecule has 0 aromatic carbocycles. The Morgan fingerprint density at radius 3 is 3.00 bits per heavy atom. The van der Waals surface area contributed by atoms with Crippen molar-refractivity contribution in [3.05, 3.63) is 0 Å². The SMILES string of the molecule is COC(=O)CCCCCC1=NO[C@H]2[C@@H]3CC[C@@H](C3)[C@@H]12. The summed E-state index contributed by atoms with van der Waals surface area (Å²) in [7, 11) is 1.45. The molecule has 0 spiro atoms. The number of carbonyl (C=O) groups is 1. The number of methoxy groups -OCH3 is 1. The van der Waals surface area contributed by atoms with Gasteiger partial charge in [0.25, 0.3) is 0 Å². The number of rotatable bonds is 6. The van der Waals surface area contributed by atoms with E-state index in [1.165, 1.54) is 32.1 Å². The fraction of sp³-hybridized carbons (Fsp3) is 0.867. The van der Waals surface area contributed by atoms with E-state index in [4.69, 9.17) is 4.84 Å². The van der Waals surface area contributed by atoms with Crippen LogP contribution in [0.3, 0.4) is 0 Å². The Kier molecular flexibility index (Phi) is 3.76. The van der Waals surface area contributed by atoms with E-state index in [-0.39, 0.29) is 5.97 Å². The van der Waals surface area contributed by atoms with Crippen LogP contribution in [-0.2, 0) is 14.4 Å². The lowest BCUT2D eigenvalue weighted by atomic mass is 9.82. The van der Waals surface area contributed by atoms with E-state index in [0.717, 1.165) is 37.5 Å². The van der Waals surface area contributed by atoms with E-state index in [1.807, 2.05) is 0 Å². The molecule has 0 aromatic rings. The van der Waals surface area contributed by atoms with Crippen LogP contribution in [0.5, 0.6) is 0 Å². The minimum atomic E-state index is -0.102. The number of oxime groups is 1. The molecule has 3 aliphatic rings. The molecule has 0 saturated heterocycles. The third-order valence-corrected chi connectivity index (χ3v) is 5.06. The monoisotopic (exact) mass is 265 g/mol. The highest BCUT2D eigenvalue weighted by Crippen LogP contribution is 2.52. The molecule has 1 heterocycles. The predicted molar refractivity (Wildman–Crippen MR) is 71.7 cm³/mol. The summed E-state index contributed by atoms with van der Waals surface area (Å²) in [5.41, 5.74) is 1.30. The van der Waals surface area contributed by atoms with Gasteiger partial charge in [-0.3, -0.25) is 4.79 Å². The molecule has 2 aliphatic carbocycles. The van der Waals surface area contributed by atoms with Crippen LogP contribution >= 0.6 is 0 Å². The number of hydrogen-bond donors (Lipinski definition) is 0. The molecule has 2 saturated carbocycles. The van der Waals surface area contributed by atoms with Crippen LogP contribution in [0.4, 0.5) is 0 Å². The summed E-state index contributed by atoms with van der Waals surface area (Å²) in [6.45, 7) is 0. The molecular weight excluding hydrogens is 242 g/mol. The van der Waals surface area contributed by atoms with Gasteiger partial charge >= 0.3 is 5.97 Å². The maximum Gasteiger partial charge on any atom is 0.305 e. The number of ether oxygens (including phenoxy) is 1. The van der Waals surface area contributed by atoms with Crippen molar-refractivity contribution in [3.63, 3.8) is 0 Å². The van der Waals surface area contributed by atoms with Crippen molar-refractivity contribution < 1.29 is 14.4 Å². The lowest BCUT2D eigenvalue weighted by molar-refractivity contribution is -0.140. The van der Waals surface area contributed by atoms with Gasteiger partial charge in [0.1, 0.15) is 6.10 Å². The van der Waals surface area contributed by atoms with Crippen LogP contribution in [0.25, 0.3) is 0 Å². The summed E-state index contributed by atoms with van der Waals surface area (Å²) < 4.78 is 4.64. The van der Waals surface area contributed by atoms with Crippen LogP contribution in [0.1, 0.15) is 51.4 Å². The number of hydrogen-bond acceptors (Lipinski definition) is 4. The molecule has 4 nitrogen and oxygen atoms in total. The van der Waals surface area contributed by atoms with Crippen LogP contribution in [0.2, 0.25) is 0 Å². The highest BCUT2D eigenvalue weighted by molar-refractivity contribution is 5.88. The maximum absolute atomic E-state index is 11.0. The van der Waals surface area contributed by atoms with E-state index in [9.17, 15) is 4.79 Å². The van der Waals surface area contributed by atoms with E-state index in [1.54, 1.807) is 0 Å². The van der Waals surface area contributed by atoms with Crippen molar-refractivity contribution in [3.8, 4) is 0 Å². The minimum absolute atomic E-state index is 0.102. The quantitative estimate of drug-likeness (QED) is 0.548. The Hall–Kier alpha value is -1.06. The van der Waals surface area contributed by atoms with Gasteiger partial charge in [-0.25, -0.2) is 0 Å². The topological polar surface area (TPSA) is 47.9 Å². The van der Waals surface area contributed by atoms with Crippen molar-refractivity contribution >= 4 is 11.7 Å². The molecule has 0 aromatic heterocycles. The summed E-state index contributed by atoms with van der Waals surface area (Å²) >= 11 is 0. The highest BCUT2D eigenvalue weighted by atomic mass is 16.6. The summed E-state index contributed by atoms with van der Waals surface area (Å²) in [6, 6.07) is 0. The van der Waals surface area contributed by atoms with Crippen LogP contribution in [-0.4, -0.2) is 24.9 Å². The van der Waals surface area contributed by atoms with E-state index in [2.05, 4.69) is 9.89 Å². The van der Waals surface area contributed by atoms with Gasteiger partial charge in [0.2, 0.25) is 0 Å². The molecule has 19 heavy (non-hydrogen) atoms. The Morgan fingerprint density at radius 1 is 1.32 bits per heavy atom. The molecule has 106 valence electrons. The van der Waals surface area contributed by atoms with Crippen molar-refractivity contribution in [1.29, 1.82) is 0 Å². The van der Waals surface area contributed by atoms with Crippen molar-refractivity contribution in [2.75, 3.05) is 7.11 Å². The van der Waals surface area contributed by atoms with Gasteiger partial charge in [0, 0.05) is 12.3 Å². The number of unbranched alkanes of at least 4 members (excludes halogenated alkanes) is 2. The summed E-state index contributed by atoms with van der Waals surface area (Å²) in [5.74, 6) is 2.14. The third-order valence-electron chi connectivity index (χ3n) is 5.06. The maximum atomic E-state index is 11.0. The molecule has 0 unspecified atom stereocenters. The zero-order valence-electron chi connectivity index (χ0n) is 11.6. The first-order valence-electron chi connectivity index (χ1n) is 7.59. The van der Waals surface area contributed by atoms with Gasteiger partial charge in [0.05, 0.1) is 12.8 Å². The lowest BCUT2D eigenvalue weighted by Gasteiger charge is -2.22. The zero-order chi connectivity index (χ0) is 13.2. The summed E-state index contributed by atoms with van der Waals surface area (Å²) in [6.07, 6.45) is 9.16. The number of esters is 1. The van der Waals surface area contributed by atoms with Gasteiger partial charge in [-0.05, 0) is 50.4 Å². The van der Waals surface area contributed by atoms with E-state index < -0.39 is 0 Å². The Labute approximate surface area is 114 Å². The first-order chi connectivity index (χ1) is 9.29. The summed E-state index contributed by atoms with van der Waals surface area (Å²) in [4.78, 5) is 16.7. The van der Waals surface area contributed by atoms with Crippen molar-refractivity contribution in [2.45, 2.75) is 57.5 Å². The van der Waals surface area contributed by atoms with E-state index >= 15 is 0 Å². The number of carbonyl (C=O) groups excluding carboxylic acids is 1. The molecule has 1 aliphatic heterocycles. The highest BCUT2D eigenvalue weighted by Gasteiger charge is 2.53. The number of nitrogens with zero attached hydrogens (tertiary/aromatic N) is 1. The van der Waals surface area contributed by atoms with E-state index in [0.29, 0.717) is 18.4 Å². The Balaban J connectivity index is 1.38.